The predicted molar refractivity (Wildman–Crippen MR) is 73.0 cm³/mol. The zero-order chi connectivity index (χ0) is 14.5. The Morgan fingerprint density at radius 2 is 1.85 bits per heavy atom. The number of rotatable bonds is 5. The van der Waals surface area contributed by atoms with E-state index < -0.39 is 5.97 Å². The van der Waals surface area contributed by atoms with E-state index in [2.05, 4.69) is 4.74 Å². The maximum atomic E-state index is 11.9. The summed E-state index contributed by atoms with van der Waals surface area (Å²) in [5.41, 5.74) is 1.03. The summed E-state index contributed by atoms with van der Waals surface area (Å²) in [5.74, 6) is 0.0196. The summed E-state index contributed by atoms with van der Waals surface area (Å²) in [5, 5.41) is 0. The molecule has 0 aliphatic heterocycles. The van der Waals surface area contributed by atoms with Crippen LogP contribution in [0.3, 0.4) is 0 Å². The minimum absolute atomic E-state index is 0.0462. The van der Waals surface area contributed by atoms with Gasteiger partial charge in [0.15, 0.2) is 6.61 Å². The van der Waals surface area contributed by atoms with Gasteiger partial charge in [0.25, 0.3) is 0 Å². The number of Topliss-reactive ketones (excluding diaryl/α,β-unsaturated/α-hetero) is 1. The second-order valence-corrected chi connectivity index (χ2v) is 4.23. The average molecular weight is 273 g/mol. The molecule has 1 aromatic heterocycles. The Bertz CT molecular complexity index is 613. The monoisotopic (exact) mass is 273 g/mol. The van der Waals surface area contributed by atoms with E-state index >= 15 is 0 Å². The number of carbonyl (C=O) groups excluding carboxylic acids is 2. The van der Waals surface area contributed by atoms with Crippen molar-refractivity contribution in [2.45, 2.75) is 0 Å². The van der Waals surface area contributed by atoms with Crippen molar-refractivity contribution in [3.8, 4) is 5.75 Å². The Morgan fingerprint density at radius 3 is 2.40 bits per heavy atom. The molecule has 0 unspecified atom stereocenters. The molecule has 1 heterocycles. The van der Waals surface area contributed by atoms with Crippen LogP contribution in [0.2, 0.25) is 0 Å². The normalized spacial score (nSPS) is 10.1. The van der Waals surface area contributed by atoms with Gasteiger partial charge in [-0.1, -0.05) is 0 Å². The molecule has 104 valence electrons. The largest absolute Gasteiger partial charge is 0.485 e. The van der Waals surface area contributed by atoms with Crippen LogP contribution in [0.4, 0.5) is 0 Å². The molecule has 0 spiro atoms. The smallest absolute Gasteiger partial charge is 0.337 e. The van der Waals surface area contributed by atoms with Crippen LogP contribution in [0.1, 0.15) is 20.8 Å². The number of aromatic nitrogens is 1. The second kappa shape index (κ2) is 6.06. The zero-order valence-electron chi connectivity index (χ0n) is 11.3. The topological polar surface area (TPSA) is 57.5 Å². The number of esters is 1. The van der Waals surface area contributed by atoms with Gasteiger partial charge in [-0.25, -0.2) is 4.79 Å². The average Bonchev–Trinajstić information content (AvgIpc) is 2.90. The lowest BCUT2D eigenvalue weighted by atomic mass is 10.2. The maximum absolute atomic E-state index is 11.9. The van der Waals surface area contributed by atoms with Crippen LogP contribution in [0.15, 0.2) is 42.6 Å². The number of methoxy groups -OCH3 is 1. The van der Waals surface area contributed by atoms with Crippen LogP contribution < -0.4 is 4.74 Å². The highest BCUT2D eigenvalue weighted by Crippen LogP contribution is 2.13. The summed E-state index contributed by atoms with van der Waals surface area (Å²) in [7, 11) is 3.13. The number of hydrogen-bond donors (Lipinski definition) is 0. The van der Waals surface area contributed by atoms with Crippen LogP contribution in [0.25, 0.3) is 0 Å². The fourth-order valence-electron chi connectivity index (χ4n) is 1.78. The molecule has 0 radical (unpaired) electrons. The van der Waals surface area contributed by atoms with Crippen molar-refractivity contribution >= 4 is 11.8 Å². The quantitative estimate of drug-likeness (QED) is 0.618. The summed E-state index contributed by atoms with van der Waals surface area (Å²) in [6.07, 6.45) is 1.80. The standard InChI is InChI=1S/C15H15NO4/c1-16-9-3-4-13(16)14(17)10-20-12-7-5-11(6-8-12)15(18)19-2/h3-9H,10H2,1-2H3. The molecule has 2 aromatic rings. The Morgan fingerprint density at radius 1 is 1.15 bits per heavy atom. The lowest BCUT2D eigenvalue weighted by Crippen LogP contribution is -2.14. The molecule has 2 rings (SSSR count). The minimum Gasteiger partial charge on any atom is -0.485 e. The first kappa shape index (κ1) is 13.9. The van der Waals surface area contributed by atoms with E-state index in [0.717, 1.165) is 0 Å². The molecule has 1 aromatic carbocycles. The highest BCUT2D eigenvalue weighted by Gasteiger charge is 2.10. The van der Waals surface area contributed by atoms with Gasteiger partial charge in [0.2, 0.25) is 5.78 Å². The number of carbonyl (C=O) groups is 2. The molecule has 0 aliphatic carbocycles. The molecule has 0 atom stereocenters. The van der Waals surface area contributed by atoms with Gasteiger partial charge in [-0.15, -0.1) is 0 Å². The highest BCUT2D eigenvalue weighted by atomic mass is 16.5. The number of ether oxygens (including phenoxy) is 2. The molecule has 0 amide bonds. The zero-order valence-corrected chi connectivity index (χ0v) is 11.3. The summed E-state index contributed by atoms with van der Waals surface area (Å²) in [6.45, 7) is -0.0462. The fraction of sp³-hybridized carbons (Fsp3) is 0.200. The first-order valence-electron chi connectivity index (χ1n) is 6.07. The second-order valence-electron chi connectivity index (χ2n) is 4.23. The third-order valence-corrected chi connectivity index (χ3v) is 2.87. The summed E-state index contributed by atoms with van der Waals surface area (Å²) in [6, 6.07) is 9.99. The van der Waals surface area contributed by atoms with Crippen molar-refractivity contribution in [3.05, 3.63) is 53.9 Å². The van der Waals surface area contributed by atoms with E-state index in [1.807, 2.05) is 0 Å². The van der Waals surface area contributed by atoms with Crippen molar-refractivity contribution in [2.24, 2.45) is 7.05 Å². The minimum atomic E-state index is -0.406. The SMILES string of the molecule is COC(=O)c1ccc(OCC(=O)c2cccn2C)cc1. The van der Waals surface area contributed by atoms with E-state index in [-0.39, 0.29) is 12.4 Å². The molecule has 0 fully saturated rings. The van der Waals surface area contributed by atoms with Crippen LogP contribution in [-0.2, 0) is 11.8 Å². The Hall–Kier alpha value is -2.56. The Balaban J connectivity index is 1.96. The first-order valence-corrected chi connectivity index (χ1v) is 6.07. The molecule has 0 aliphatic rings. The van der Waals surface area contributed by atoms with Crippen molar-refractivity contribution in [3.63, 3.8) is 0 Å². The van der Waals surface area contributed by atoms with E-state index in [1.54, 1.807) is 54.2 Å². The third-order valence-electron chi connectivity index (χ3n) is 2.87. The Kier molecular flexibility index (Phi) is 4.20. The van der Waals surface area contributed by atoms with Gasteiger partial charge in [-0.05, 0) is 36.4 Å². The lowest BCUT2D eigenvalue weighted by molar-refractivity contribution is 0.0600. The van der Waals surface area contributed by atoms with Crippen molar-refractivity contribution in [1.29, 1.82) is 0 Å². The molecule has 0 N–H and O–H groups in total. The van der Waals surface area contributed by atoms with Crippen LogP contribution >= 0.6 is 0 Å². The fourth-order valence-corrected chi connectivity index (χ4v) is 1.78. The molecule has 20 heavy (non-hydrogen) atoms. The first-order chi connectivity index (χ1) is 9.61. The van der Waals surface area contributed by atoms with Gasteiger partial charge in [-0.3, -0.25) is 4.79 Å². The number of nitrogens with zero attached hydrogens (tertiary/aromatic N) is 1. The van der Waals surface area contributed by atoms with Crippen LogP contribution in [0.5, 0.6) is 5.75 Å². The van der Waals surface area contributed by atoms with E-state index in [4.69, 9.17) is 4.74 Å². The van der Waals surface area contributed by atoms with Crippen molar-refractivity contribution in [1.82, 2.24) is 4.57 Å². The van der Waals surface area contributed by atoms with E-state index in [1.165, 1.54) is 7.11 Å². The lowest BCUT2D eigenvalue weighted by Gasteiger charge is -2.07. The predicted octanol–water partition coefficient (Wildman–Crippen LogP) is 2.07. The van der Waals surface area contributed by atoms with Crippen molar-refractivity contribution in [2.75, 3.05) is 13.7 Å². The van der Waals surface area contributed by atoms with Gasteiger partial charge in [0, 0.05) is 13.2 Å². The number of hydrogen-bond acceptors (Lipinski definition) is 4. The molecule has 0 bridgehead atoms. The van der Waals surface area contributed by atoms with Crippen LogP contribution in [0, 0.1) is 0 Å². The maximum Gasteiger partial charge on any atom is 0.337 e. The molecule has 5 heteroatoms. The number of benzene rings is 1. The van der Waals surface area contributed by atoms with Gasteiger partial charge in [0.05, 0.1) is 18.4 Å². The summed E-state index contributed by atoms with van der Waals surface area (Å²) < 4.78 is 11.7. The van der Waals surface area contributed by atoms with Gasteiger partial charge >= 0.3 is 5.97 Å². The summed E-state index contributed by atoms with van der Waals surface area (Å²) >= 11 is 0. The van der Waals surface area contributed by atoms with E-state index in [9.17, 15) is 9.59 Å². The molecule has 0 saturated heterocycles. The highest BCUT2D eigenvalue weighted by molar-refractivity contribution is 5.95. The molecule has 5 nitrogen and oxygen atoms in total. The molecular formula is C15H15NO4. The number of aryl methyl sites for hydroxylation is 1. The van der Waals surface area contributed by atoms with Gasteiger partial charge < -0.3 is 14.0 Å². The third kappa shape index (κ3) is 3.06. The van der Waals surface area contributed by atoms with Crippen LogP contribution in [-0.4, -0.2) is 30.0 Å². The summed E-state index contributed by atoms with van der Waals surface area (Å²) in [4.78, 5) is 23.2. The van der Waals surface area contributed by atoms with Crippen molar-refractivity contribution < 1.29 is 19.1 Å². The van der Waals surface area contributed by atoms with E-state index in [0.29, 0.717) is 17.0 Å². The van der Waals surface area contributed by atoms with Gasteiger partial charge in [-0.2, -0.15) is 0 Å². The number of ketones is 1. The molecular weight excluding hydrogens is 258 g/mol. The Labute approximate surface area is 116 Å². The molecule has 0 saturated carbocycles. The van der Waals surface area contributed by atoms with Gasteiger partial charge in [0.1, 0.15) is 5.75 Å².